The molecule has 0 bridgehead atoms. The summed E-state index contributed by atoms with van der Waals surface area (Å²) in [6.45, 7) is 2.63. The molecule has 0 unspecified atom stereocenters. The molecule has 140 valence electrons. The fourth-order valence-electron chi connectivity index (χ4n) is 2.25. The summed E-state index contributed by atoms with van der Waals surface area (Å²) in [4.78, 5) is 12.2. The highest BCUT2D eigenvalue weighted by Gasteiger charge is 2.12. The van der Waals surface area contributed by atoms with Crippen LogP contribution in [0.15, 0.2) is 53.4 Å². The van der Waals surface area contributed by atoms with Crippen LogP contribution in [-0.4, -0.2) is 27.5 Å². The zero-order valence-corrected chi connectivity index (χ0v) is 15.5. The molecule has 7 nitrogen and oxygen atoms in total. The van der Waals surface area contributed by atoms with Crippen molar-refractivity contribution in [1.29, 1.82) is 0 Å². The molecular formula is C18H23N3O4S. The van der Waals surface area contributed by atoms with Crippen LogP contribution in [0.5, 0.6) is 5.75 Å². The monoisotopic (exact) mass is 377 g/mol. The van der Waals surface area contributed by atoms with Crippen LogP contribution in [0.4, 0.5) is 0 Å². The van der Waals surface area contributed by atoms with Crippen molar-refractivity contribution in [2.24, 2.45) is 5.14 Å². The first-order valence-corrected chi connectivity index (χ1v) is 9.60. The maximum Gasteiger partial charge on any atom is 0.238 e. The van der Waals surface area contributed by atoms with E-state index in [-0.39, 0.29) is 10.8 Å². The normalized spacial score (nSPS) is 12.4. The summed E-state index contributed by atoms with van der Waals surface area (Å²) in [6.07, 6.45) is 0. The molecule has 8 heteroatoms. The summed E-state index contributed by atoms with van der Waals surface area (Å²) in [6, 6.07) is 13.3. The number of carbonyl (C=O) groups is 1. The summed E-state index contributed by atoms with van der Waals surface area (Å²) in [5.74, 6) is 0.644. The maximum absolute atomic E-state index is 12.2. The number of hydrogen-bond acceptors (Lipinski definition) is 5. The Labute approximate surface area is 153 Å². The number of ether oxygens (including phenoxy) is 1. The highest BCUT2D eigenvalue weighted by atomic mass is 32.2. The summed E-state index contributed by atoms with van der Waals surface area (Å²) in [5, 5.41) is 11.0. The Balaban J connectivity index is 1.81. The number of methoxy groups -OCH3 is 1. The van der Waals surface area contributed by atoms with Gasteiger partial charge in [0.15, 0.2) is 0 Å². The van der Waals surface area contributed by atoms with Crippen LogP contribution in [0.3, 0.4) is 0 Å². The van der Waals surface area contributed by atoms with Crippen LogP contribution >= 0.6 is 0 Å². The highest BCUT2D eigenvalue weighted by Crippen LogP contribution is 2.11. The summed E-state index contributed by atoms with van der Waals surface area (Å²) in [7, 11) is -2.09. The van der Waals surface area contributed by atoms with Crippen molar-refractivity contribution in [3.63, 3.8) is 0 Å². The highest BCUT2D eigenvalue weighted by molar-refractivity contribution is 7.89. The molecule has 0 heterocycles. The van der Waals surface area contributed by atoms with E-state index in [9.17, 15) is 13.2 Å². The van der Waals surface area contributed by atoms with Crippen LogP contribution < -0.4 is 20.5 Å². The standard InChI is InChI=1S/C18H23N3O4S/c1-13(18(22)21-12-14-3-7-16(25-2)8-4-14)20-11-15-5-9-17(10-6-15)26(19,23)24/h3-10,13,20H,11-12H2,1-2H3,(H,21,22)(H2,19,23,24)/t13-/m0/s1. The van der Waals surface area contributed by atoms with Gasteiger partial charge in [-0.25, -0.2) is 13.6 Å². The lowest BCUT2D eigenvalue weighted by atomic mass is 10.2. The van der Waals surface area contributed by atoms with Crippen LogP contribution in [0.25, 0.3) is 0 Å². The van der Waals surface area contributed by atoms with E-state index in [1.807, 2.05) is 24.3 Å². The summed E-state index contributed by atoms with van der Waals surface area (Å²) >= 11 is 0. The number of primary sulfonamides is 1. The molecule has 0 fully saturated rings. The third-order valence-electron chi connectivity index (χ3n) is 3.88. The van der Waals surface area contributed by atoms with Gasteiger partial charge in [0.2, 0.25) is 15.9 Å². The molecule has 4 N–H and O–H groups in total. The van der Waals surface area contributed by atoms with Gasteiger partial charge in [0, 0.05) is 13.1 Å². The van der Waals surface area contributed by atoms with E-state index in [1.165, 1.54) is 12.1 Å². The minimum absolute atomic E-state index is 0.0616. The predicted octanol–water partition coefficient (Wildman–Crippen LogP) is 1.14. The van der Waals surface area contributed by atoms with Crippen molar-refractivity contribution >= 4 is 15.9 Å². The minimum Gasteiger partial charge on any atom is -0.497 e. The number of amides is 1. The Morgan fingerprint density at radius 2 is 1.58 bits per heavy atom. The fourth-order valence-corrected chi connectivity index (χ4v) is 2.76. The third-order valence-corrected chi connectivity index (χ3v) is 4.81. The third kappa shape index (κ3) is 5.83. The van der Waals surface area contributed by atoms with Crippen LogP contribution in [0.2, 0.25) is 0 Å². The zero-order valence-electron chi connectivity index (χ0n) is 14.7. The topological polar surface area (TPSA) is 111 Å². The predicted molar refractivity (Wildman–Crippen MR) is 99.0 cm³/mol. The summed E-state index contributed by atoms with van der Waals surface area (Å²) < 4.78 is 27.5. The number of rotatable bonds is 8. The molecule has 2 aromatic carbocycles. The van der Waals surface area contributed by atoms with Gasteiger partial charge in [-0.15, -0.1) is 0 Å². The molecule has 0 saturated heterocycles. The molecule has 1 atom stereocenters. The second-order valence-corrected chi connectivity index (χ2v) is 7.42. The number of nitrogens with one attached hydrogen (secondary N) is 2. The summed E-state index contributed by atoms with van der Waals surface area (Å²) in [5.41, 5.74) is 1.83. The molecule has 0 aliphatic heterocycles. The van der Waals surface area contributed by atoms with Gasteiger partial charge in [0.25, 0.3) is 0 Å². The molecule has 0 spiro atoms. The molecule has 26 heavy (non-hydrogen) atoms. The average molecular weight is 377 g/mol. The molecule has 2 rings (SSSR count). The number of hydrogen-bond donors (Lipinski definition) is 3. The van der Waals surface area contributed by atoms with E-state index in [4.69, 9.17) is 9.88 Å². The Morgan fingerprint density at radius 1 is 1.04 bits per heavy atom. The molecule has 0 aliphatic rings. The number of benzene rings is 2. The Morgan fingerprint density at radius 3 is 2.12 bits per heavy atom. The van der Waals surface area contributed by atoms with Gasteiger partial charge in [-0.1, -0.05) is 24.3 Å². The lowest BCUT2D eigenvalue weighted by Gasteiger charge is -2.14. The van der Waals surface area contributed by atoms with Crippen LogP contribution in [0, 0.1) is 0 Å². The quantitative estimate of drug-likeness (QED) is 0.639. The average Bonchev–Trinajstić information content (AvgIpc) is 2.64. The van der Waals surface area contributed by atoms with E-state index < -0.39 is 16.1 Å². The van der Waals surface area contributed by atoms with Gasteiger partial charge in [0.1, 0.15) is 5.75 Å². The largest absolute Gasteiger partial charge is 0.497 e. The lowest BCUT2D eigenvalue weighted by molar-refractivity contribution is -0.122. The Hall–Kier alpha value is -2.42. The minimum atomic E-state index is -3.69. The van der Waals surface area contributed by atoms with Crippen molar-refractivity contribution in [1.82, 2.24) is 10.6 Å². The number of sulfonamides is 1. The van der Waals surface area contributed by atoms with Gasteiger partial charge in [0.05, 0.1) is 18.0 Å². The second-order valence-electron chi connectivity index (χ2n) is 5.86. The fraction of sp³-hybridized carbons (Fsp3) is 0.278. The van der Waals surface area contributed by atoms with E-state index in [0.29, 0.717) is 13.1 Å². The number of nitrogens with two attached hydrogens (primary N) is 1. The first-order valence-electron chi connectivity index (χ1n) is 8.05. The molecule has 2 aromatic rings. The smallest absolute Gasteiger partial charge is 0.238 e. The van der Waals surface area contributed by atoms with Crippen molar-refractivity contribution in [2.45, 2.75) is 31.0 Å². The SMILES string of the molecule is COc1ccc(CNC(=O)[C@H](C)NCc2ccc(S(N)(=O)=O)cc2)cc1. The van der Waals surface area contributed by atoms with Crippen molar-refractivity contribution in [3.8, 4) is 5.75 Å². The second kappa shape index (κ2) is 8.79. The van der Waals surface area contributed by atoms with Gasteiger partial charge in [-0.3, -0.25) is 4.79 Å². The maximum atomic E-state index is 12.2. The molecule has 0 saturated carbocycles. The van der Waals surface area contributed by atoms with Crippen LogP contribution in [0.1, 0.15) is 18.1 Å². The van der Waals surface area contributed by atoms with Gasteiger partial charge < -0.3 is 15.4 Å². The Bertz CT molecular complexity index is 834. The van der Waals surface area contributed by atoms with Gasteiger partial charge >= 0.3 is 0 Å². The molecular weight excluding hydrogens is 354 g/mol. The van der Waals surface area contributed by atoms with E-state index in [1.54, 1.807) is 26.2 Å². The van der Waals surface area contributed by atoms with E-state index in [0.717, 1.165) is 16.9 Å². The van der Waals surface area contributed by atoms with Gasteiger partial charge in [-0.2, -0.15) is 0 Å². The first-order chi connectivity index (χ1) is 12.3. The van der Waals surface area contributed by atoms with Crippen LogP contribution in [-0.2, 0) is 27.9 Å². The zero-order chi connectivity index (χ0) is 19.2. The molecule has 0 radical (unpaired) electrons. The first kappa shape index (κ1) is 19.9. The molecule has 0 aliphatic carbocycles. The van der Waals surface area contributed by atoms with Gasteiger partial charge in [-0.05, 0) is 42.3 Å². The molecule has 0 aromatic heterocycles. The van der Waals surface area contributed by atoms with E-state index >= 15 is 0 Å². The number of carbonyl (C=O) groups excluding carboxylic acids is 1. The lowest BCUT2D eigenvalue weighted by Crippen LogP contribution is -2.41. The molecule has 1 amide bonds. The van der Waals surface area contributed by atoms with E-state index in [2.05, 4.69) is 10.6 Å². The van der Waals surface area contributed by atoms with Crippen molar-refractivity contribution < 1.29 is 17.9 Å². The van der Waals surface area contributed by atoms with Crippen molar-refractivity contribution in [3.05, 3.63) is 59.7 Å². The Kier molecular flexibility index (Phi) is 6.73. The van der Waals surface area contributed by atoms with Crippen molar-refractivity contribution in [2.75, 3.05) is 7.11 Å².